The van der Waals surface area contributed by atoms with Crippen molar-refractivity contribution >= 4 is 16.6 Å². The number of nitrogens with zero attached hydrogens (tertiary/aromatic N) is 2. The molecule has 0 amide bonds. The Morgan fingerprint density at radius 1 is 0.731 bits per heavy atom. The molecule has 1 saturated heterocycles. The Morgan fingerprint density at radius 3 is 2.15 bits per heavy atom. The van der Waals surface area contributed by atoms with Gasteiger partial charge in [0.25, 0.3) is 0 Å². The number of anilines is 1. The van der Waals surface area contributed by atoms with Gasteiger partial charge in [-0.3, -0.25) is 4.98 Å². The molecule has 5 rings (SSSR count). The average molecular weight is 336 g/mol. The maximum atomic E-state index is 4.99. The zero-order valence-corrected chi connectivity index (χ0v) is 14.7. The summed E-state index contributed by atoms with van der Waals surface area (Å²) >= 11 is 0. The van der Waals surface area contributed by atoms with Gasteiger partial charge in [-0.15, -0.1) is 0 Å². The molecule has 2 heterocycles. The van der Waals surface area contributed by atoms with Crippen molar-refractivity contribution in [3.63, 3.8) is 0 Å². The summed E-state index contributed by atoms with van der Waals surface area (Å²) < 4.78 is 0. The Balaban J connectivity index is 1.65. The Bertz CT molecular complexity index is 1060. The molecule has 4 aromatic rings. The van der Waals surface area contributed by atoms with Gasteiger partial charge in [-0.2, -0.15) is 0 Å². The van der Waals surface area contributed by atoms with Crippen LogP contribution in [-0.4, -0.2) is 4.98 Å². The largest absolute Gasteiger partial charge is 0.348 e. The van der Waals surface area contributed by atoms with Gasteiger partial charge < -0.3 is 4.90 Å². The van der Waals surface area contributed by atoms with Gasteiger partial charge in [0.2, 0.25) is 0 Å². The highest BCUT2D eigenvalue weighted by Crippen LogP contribution is 2.61. The zero-order chi connectivity index (χ0) is 17.6. The lowest BCUT2D eigenvalue weighted by molar-refractivity contribution is 0.739. The molecule has 0 spiro atoms. The minimum Gasteiger partial charge on any atom is -0.348 e. The molecule has 2 atom stereocenters. The van der Waals surface area contributed by atoms with E-state index in [4.69, 9.17) is 4.98 Å². The molecule has 1 aliphatic rings. The van der Waals surface area contributed by atoms with Crippen LogP contribution < -0.4 is 4.90 Å². The van der Waals surface area contributed by atoms with E-state index in [9.17, 15) is 0 Å². The second-order valence-corrected chi connectivity index (χ2v) is 7.05. The maximum absolute atomic E-state index is 4.99. The number of benzene rings is 3. The first kappa shape index (κ1) is 15.2. The van der Waals surface area contributed by atoms with E-state index in [0.29, 0.717) is 0 Å². The molecule has 0 N–H and O–H groups in total. The number of hydrogen-bond acceptors (Lipinski definition) is 2. The summed E-state index contributed by atoms with van der Waals surface area (Å²) in [6.07, 6.45) is 0. The minimum absolute atomic E-state index is 0.0852. The lowest BCUT2D eigenvalue weighted by Crippen LogP contribution is -2.11. The fourth-order valence-electron chi connectivity index (χ4n) is 4.12. The van der Waals surface area contributed by atoms with E-state index in [0.717, 1.165) is 11.2 Å². The molecule has 1 fully saturated rings. The molecule has 2 heteroatoms. The van der Waals surface area contributed by atoms with Crippen LogP contribution in [0.4, 0.5) is 5.69 Å². The van der Waals surface area contributed by atoms with Crippen molar-refractivity contribution in [2.24, 2.45) is 0 Å². The number of pyridine rings is 1. The van der Waals surface area contributed by atoms with Crippen LogP contribution in [0.15, 0.2) is 97.1 Å². The normalized spacial score (nSPS) is 21.7. The molecule has 26 heavy (non-hydrogen) atoms. The van der Waals surface area contributed by atoms with Crippen LogP contribution >= 0.6 is 0 Å². The highest BCUT2D eigenvalue weighted by molar-refractivity contribution is 5.79. The lowest BCUT2D eigenvalue weighted by atomic mass is 9.95. The van der Waals surface area contributed by atoms with E-state index in [1.54, 1.807) is 0 Å². The first-order valence-electron chi connectivity index (χ1n) is 9.04. The SMILES string of the molecule is CC1(c2ccccc2)C(c2ccc3ccccc3n2)N1c1ccccc1. The van der Waals surface area contributed by atoms with E-state index in [1.165, 1.54) is 16.6 Å². The number of hydrogen-bond donors (Lipinski definition) is 0. The van der Waals surface area contributed by atoms with Gasteiger partial charge >= 0.3 is 0 Å². The third-order valence-electron chi connectivity index (χ3n) is 5.52. The zero-order valence-electron chi connectivity index (χ0n) is 14.7. The first-order valence-corrected chi connectivity index (χ1v) is 9.04. The molecule has 2 unspecified atom stereocenters. The summed E-state index contributed by atoms with van der Waals surface area (Å²) in [5.41, 5.74) is 4.65. The van der Waals surface area contributed by atoms with E-state index >= 15 is 0 Å². The summed E-state index contributed by atoms with van der Waals surface area (Å²) in [7, 11) is 0. The van der Waals surface area contributed by atoms with Crippen LogP contribution in [0.2, 0.25) is 0 Å². The summed E-state index contributed by atoms with van der Waals surface area (Å²) in [5.74, 6) is 0. The van der Waals surface area contributed by atoms with Gasteiger partial charge in [0.15, 0.2) is 0 Å². The Kier molecular flexibility index (Phi) is 3.32. The quantitative estimate of drug-likeness (QED) is 0.445. The van der Waals surface area contributed by atoms with Crippen LogP contribution in [-0.2, 0) is 5.54 Å². The van der Waals surface area contributed by atoms with Gasteiger partial charge in [-0.25, -0.2) is 0 Å². The Morgan fingerprint density at radius 2 is 1.38 bits per heavy atom. The van der Waals surface area contributed by atoms with Gasteiger partial charge in [-0.1, -0.05) is 72.8 Å². The molecular weight excluding hydrogens is 316 g/mol. The summed E-state index contributed by atoms with van der Waals surface area (Å²) in [5, 5.41) is 1.18. The molecule has 126 valence electrons. The monoisotopic (exact) mass is 336 g/mol. The standard InChI is InChI=1S/C24H20N2/c1-24(19-11-4-2-5-12-19)23(26(24)20-13-6-3-7-14-20)22-17-16-18-10-8-9-15-21(18)25-22/h2-17,23H,1H3. The van der Waals surface area contributed by atoms with Crippen LogP contribution in [0.25, 0.3) is 10.9 Å². The fraction of sp³-hybridized carbons (Fsp3) is 0.125. The molecule has 1 aromatic heterocycles. The number of aromatic nitrogens is 1. The molecule has 2 nitrogen and oxygen atoms in total. The van der Waals surface area contributed by atoms with E-state index in [1.807, 2.05) is 0 Å². The Hall–Kier alpha value is -3.13. The number of fused-ring (bicyclic) bond motifs is 1. The molecule has 0 bridgehead atoms. The van der Waals surface area contributed by atoms with Crippen molar-refractivity contribution in [3.8, 4) is 0 Å². The first-order chi connectivity index (χ1) is 12.8. The van der Waals surface area contributed by atoms with E-state index < -0.39 is 0 Å². The molecule has 0 aliphatic carbocycles. The maximum Gasteiger partial charge on any atom is 0.0994 e. The van der Waals surface area contributed by atoms with Gasteiger partial charge in [-0.05, 0) is 36.8 Å². The molecule has 3 aromatic carbocycles. The van der Waals surface area contributed by atoms with Crippen molar-refractivity contribution in [2.75, 3.05) is 4.90 Å². The molecule has 0 radical (unpaired) electrons. The second-order valence-electron chi connectivity index (χ2n) is 7.05. The van der Waals surface area contributed by atoms with E-state index in [-0.39, 0.29) is 11.6 Å². The van der Waals surface area contributed by atoms with Crippen molar-refractivity contribution in [2.45, 2.75) is 18.5 Å². The fourth-order valence-corrected chi connectivity index (χ4v) is 4.12. The van der Waals surface area contributed by atoms with Gasteiger partial charge in [0, 0.05) is 11.1 Å². The average Bonchev–Trinajstić information content (AvgIpc) is 3.36. The summed E-state index contributed by atoms with van der Waals surface area (Å²) in [6.45, 7) is 2.32. The predicted octanol–water partition coefficient (Wildman–Crippen LogP) is 5.71. The van der Waals surface area contributed by atoms with Gasteiger partial charge in [0.1, 0.15) is 0 Å². The molecule has 0 saturated carbocycles. The third kappa shape index (κ3) is 2.22. The minimum atomic E-state index is -0.0852. The summed E-state index contributed by atoms with van der Waals surface area (Å²) in [6, 6.07) is 34.3. The number of para-hydroxylation sites is 2. The van der Waals surface area contributed by atoms with Crippen LogP contribution in [0.1, 0.15) is 24.2 Å². The van der Waals surface area contributed by atoms with Crippen LogP contribution in [0, 0.1) is 0 Å². The summed E-state index contributed by atoms with van der Waals surface area (Å²) in [4.78, 5) is 7.46. The van der Waals surface area contributed by atoms with Gasteiger partial charge in [0.05, 0.1) is 22.8 Å². The molecular formula is C24H20N2. The number of rotatable bonds is 3. The lowest BCUT2D eigenvalue weighted by Gasteiger charge is -2.13. The van der Waals surface area contributed by atoms with Crippen molar-refractivity contribution < 1.29 is 0 Å². The van der Waals surface area contributed by atoms with Crippen molar-refractivity contribution in [3.05, 3.63) is 108 Å². The van der Waals surface area contributed by atoms with E-state index in [2.05, 4.69) is 109 Å². The highest BCUT2D eigenvalue weighted by atomic mass is 15.4. The van der Waals surface area contributed by atoms with Crippen molar-refractivity contribution in [1.82, 2.24) is 4.98 Å². The van der Waals surface area contributed by atoms with Crippen LogP contribution in [0.5, 0.6) is 0 Å². The van der Waals surface area contributed by atoms with Crippen LogP contribution in [0.3, 0.4) is 0 Å². The Labute approximate surface area is 153 Å². The second kappa shape index (κ2) is 5.70. The van der Waals surface area contributed by atoms with Crippen molar-refractivity contribution in [1.29, 1.82) is 0 Å². The predicted molar refractivity (Wildman–Crippen MR) is 107 cm³/mol. The smallest absolute Gasteiger partial charge is 0.0994 e. The highest BCUT2D eigenvalue weighted by Gasteiger charge is 2.61. The third-order valence-corrected chi connectivity index (χ3v) is 5.52. The topological polar surface area (TPSA) is 15.9 Å². The molecule has 1 aliphatic heterocycles.